The van der Waals surface area contributed by atoms with E-state index in [9.17, 15) is 9.90 Å². The van der Waals surface area contributed by atoms with Crippen molar-refractivity contribution in [1.82, 2.24) is 4.57 Å². The number of amides is 1. The van der Waals surface area contributed by atoms with E-state index >= 15 is 0 Å². The third-order valence-electron chi connectivity index (χ3n) is 3.87. The minimum atomic E-state index is -0.565. The summed E-state index contributed by atoms with van der Waals surface area (Å²) in [6, 6.07) is 12.3. The molecule has 0 aliphatic carbocycles. The van der Waals surface area contributed by atoms with Crippen LogP contribution in [0.15, 0.2) is 57.2 Å². The van der Waals surface area contributed by atoms with Crippen LogP contribution >= 0.6 is 27.5 Å². The van der Waals surface area contributed by atoms with Gasteiger partial charge in [-0.3, -0.25) is 4.79 Å². The number of rotatable bonds is 5. The van der Waals surface area contributed by atoms with Gasteiger partial charge in [-0.2, -0.15) is 0 Å². The molecular weight excluding hydrogens is 434 g/mol. The molecule has 3 rings (SSSR count). The van der Waals surface area contributed by atoms with Crippen molar-refractivity contribution in [2.75, 3.05) is 6.61 Å². The molecular formula is C19H17BrClN3O3. The maximum atomic E-state index is 12.0. The molecule has 27 heavy (non-hydrogen) atoms. The van der Waals surface area contributed by atoms with Gasteiger partial charge in [-0.05, 0) is 56.3 Å². The number of nitrogens with zero attached hydrogens (tertiary/aromatic N) is 3. The number of carbonyl (C=O) groups excluding carboxylic acids is 1. The molecule has 0 spiro atoms. The Kier molecular flexibility index (Phi) is 5.82. The number of benzene rings is 2. The Labute approximate surface area is 169 Å². The molecule has 1 heterocycles. The first kappa shape index (κ1) is 19.4. The van der Waals surface area contributed by atoms with Crippen molar-refractivity contribution in [3.63, 3.8) is 0 Å². The average Bonchev–Trinajstić information content (AvgIpc) is 2.90. The number of azo groups is 1. The summed E-state index contributed by atoms with van der Waals surface area (Å²) in [4.78, 5) is 12.0. The lowest BCUT2D eigenvalue weighted by atomic mass is 10.2. The zero-order chi connectivity index (χ0) is 19.6. The van der Waals surface area contributed by atoms with E-state index in [4.69, 9.17) is 16.3 Å². The van der Waals surface area contributed by atoms with Crippen molar-refractivity contribution in [2.24, 2.45) is 10.2 Å². The molecule has 0 bridgehead atoms. The fourth-order valence-corrected chi connectivity index (χ4v) is 3.18. The van der Waals surface area contributed by atoms with Gasteiger partial charge in [0.05, 0.1) is 5.52 Å². The highest BCUT2D eigenvalue weighted by atomic mass is 79.9. The molecule has 140 valence electrons. The Morgan fingerprint density at radius 2 is 1.96 bits per heavy atom. The second-order valence-electron chi connectivity index (χ2n) is 6.13. The van der Waals surface area contributed by atoms with Crippen molar-refractivity contribution in [3.05, 3.63) is 52.0 Å². The van der Waals surface area contributed by atoms with Crippen molar-refractivity contribution < 1.29 is 14.6 Å². The van der Waals surface area contributed by atoms with Crippen LogP contribution in [0.5, 0.6) is 11.6 Å². The third-order valence-corrected chi connectivity index (χ3v) is 4.61. The van der Waals surface area contributed by atoms with Crippen LogP contribution in [0.4, 0.5) is 5.69 Å². The smallest absolute Gasteiger partial charge is 0.302 e. The Morgan fingerprint density at radius 1 is 1.26 bits per heavy atom. The SMILES string of the molecule is CC(C)n1c(O)c(N=NC(=O)COc2ccc(Cl)cc2)c2cc(Br)ccc21. The summed E-state index contributed by atoms with van der Waals surface area (Å²) in [6.07, 6.45) is 0. The van der Waals surface area contributed by atoms with E-state index in [0.717, 1.165) is 9.99 Å². The standard InChI is InChI=1S/C19H17BrClN3O3/c1-11(2)24-16-8-3-12(20)9-15(16)18(19(24)26)23-22-17(25)10-27-14-6-4-13(21)5-7-14/h3-9,11,26H,10H2,1-2H3. The Morgan fingerprint density at radius 3 is 2.63 bits per heavy atom. The van der Waals surface area contributed by atoms with E-state index in [2.05, 4.69) is 26.2 Å². The predicted octanol–water partition coefficient (Wildman–Crippen LogP) is 6.03. The maximum Gasteiger partial charge on any atom is 0.302 e. The van der Waals surface area contributed by atoms with E-state index in [1.54, 1.807) is 28.8 Å². The molecule has 0 fully saturated rings. The van der Waals surface area contributed by atoms with Crippen LogP contribution in [0.2, 0.25) is 5.02 Å². The first-order chi connectivity index (χ1) is 12.9. The molecule has 0 radical (unpaired) electrons. The lowest BCUT2D eigenvalue weighted by Gasteiger charge is -2.10. The Hall–Kier alpha value is -2.38. The summed E-state index contributed by atoms with van der Waals surface area (Å²) in [5.41, 5.74) is 1.06. The molecule has 0 unspecified atom stereocenters. The molecule has 0 aliphatic heterocycles. The minimum absolute atomic E-state index is 0.0153. The summed E-state index contributed by atoms with van der Waals surface area (Å²) >= 11 is 9.22. The zero-order valence-electron chi connectivity index (χ0n) is 14.7. The van der Waals surface area contributed by atoms with Gasteiger partial charge in [0.25, 0.3) is 0 Å². The molecule has 0 atom stereocenters. The summed E-state index contributed by atoms with van der Waals surface area (Å²) in [7, 11) is 0. The molecule has 0 saturated heterocycles. The fourth-order valence-electron chi connectivity index (χ4n) is 2.69. The van der Waals surface area contributed by atoms with Gasteiger partial charge in [-0.15, -0.1) is 10.2 Å². The average molecular weight is 451 g/mol. The van der Waals surface area contributed by atoms with Crippen LogP contribution < -0.4 is 4.74 Å². The molecule has 0 aliphatic rings. The largest absolute Gasteiger partial charge is 0.493 e. The van der Waals surface area contributed by atoms with Crippen LogP contribution in [0.3, 0.4) is 0 Å². The molecule has 8 heteroatoms. The Balaban J connectivity index is 1.82. The van der Waals surface area contributed by atoms with Gasteiger partial charge < -0.3 is 14.4 Å². The number of aromatic hydroxyl groups is 1. The molecule has 1 aromatic heterocycles. The lowest BCUT2D eigenvalue weighted by molar-refractivity contribution is -0.120. The number of ether oxygens (including phenoxy) is 1. The van der Waals surface area contributed by atoms with Gasteiger partial charge in [-0.25, -0.2) is 0 Å². The first-order valence-corrected chi connectivity index (χ1v) is 9.39. The number of halogens is 2. The normalized spacial score (nSPS) is 11.6. The number of aromatic nitrogens is 1. The fraction of sp³-hybridized carbons (Fsp3) is 0.211. The van der Waals surface area contributed by atoms with Crippen LogP contribution in [-0.2, 0) is 4.79 Å². The summed E-state index contributed by atoms with van der Waals surface area (Å²) in [5, 5.41) is 19.5. The highest BCUT2D eigenvalue weighted by molar-refractivity contribution is 9.10. The van der Waals surface area contributed by atoms with Gasteiger partial charge in [0.2, 0.25) is 5.88 Å². The second kappa shape index (κ2) is 8.10. The highest BCUT2D eigenvalue weighted by Crippen LogP contribution is 2.41. The first-order valence-electron chi connectivity index (χ1n) is 8.22. The van der Waals surface area contributed by atoms with Crippen LogP contribution in [0.1, 0.15) is 19.9 Å². The molecule has 1 N–H and O–H groups in total. The number of carbonyl (C=O) groups is 1. The Bertz CT molecular complexity index is 1010. The topological polar surface area (TPSA) is 76.2 Å². The number of hydrogen-bond donors (Lipinski definition) is 1. The van der Waals surface area contributed by atoms with Crippen molar-refractivity contribution in [3.8, 4) is 11.6 Å². The summed E-state index contributed by atoms with van der Waals surface area (Å²) in [6.45, 7) is 3.64. The minimum Gasteiger partial charge on any atom is -0.493 e. The lowest BCUT2D eigenvalue weighted by Crippen LogP contribution is -2.07. The quantitative estimate of drug-likeness (QED) is 0.482. The number of fused-ring (bicyclic) bond motifs is 1. The van der Waals surface area contributed by atoms with Gasteiger partial charge in [0, 0.05) is 20.9 Å². The molecule has 0 saturated carbocycles. The molecule has 6 nitrogen and oxygen atoms in total. The van der Waals surface area contributed by atoms with Crippen LogP contribution in [-0.4, -0.2) is 22.2 Å². The van der Waals surface area contributed by atoms with Crippen molar-refractivity contribution >= 4 is 50.0 Å². The van der Waals surface area contributed by atoms with Gasteiger partial charge >= 0.3 is 5.91 Å². The van der Waals surface area contributed by atoms with E-state index < -0.39 is 5.91 Å². The van der Waals surface area contributed by atoms with Gasteiger partial charge in [0.1, 0.15) is 5.75 Å². The summed E-state index contributed by atoms with van der Waals surface area (Å²) in [5.74, 6) is -0.0933. The highest BCUT2D eigenvalue weighted by Gasteiger charge is 2.19. The zero-order valence-corrected chi connectivity index (χ0v) is 17.0. The van der Waals surface area contributed by atoms with E-state index in [1.165, 1.54) is 0 Å². The van der Waals surface area contributed by atoms with Crippen LogP contribution in [0, 0.1) is 0 Å². The molecule has 1 amide bonds. The third kappa shape index (κ3) is 4.31. The van der Waals surface area contributed by atoms with E-state index in [1.807, 2.05) is 32.0 Å². The molecule has 2 aromatic carbocycles. The van der Waals surface area contributed by atoms with Crippen molar-refractivity contribution in [1.29, 1.82) is 0 Å². The van der Waals surface area contributed by atoms with Crippen molar-refractivity contribution in [2.45, 2.75) is 19.9 Å². The summed E-state index contributed by atoms with van der Waals surface area (Å²) < 4.78 is 7.93. The van der Waals surface area contributed by atoms with Gasteiger partial charge in [-0.1, -0.05) is 27.5 Å². The monoisotopic (exact) mass is 449 g/mol. The van der Waals surface area contributed by atoms with Gasteiger partial charge in [0.15, 0.2) is 12.3 Å². The number of hydrogen-bond acceptors (Lipinski definition) is 4. The predicted molar refractivity (Wildman–Crippen MR) is 108 cm³/mol. The maximum absolute atomic E-state index is 12.0. The van der Waals surface area contributed by atoms with Crippen LogP contribution in [0.25, 0.3) is 10.9 Å². The van der Waals surface area contributed by atoms with E-state index in [-0.39, 0.29) is 24.2 Å². The molecule has 3 aromatic rings. The second-order valence-corrected chi connectivity index (χ2v) is 7.49. The van der Waals surface area contributed by atoms with E-state index in [0.29, 0.717) is 16.2 Å².